The second-order valence-electron chi connectivity index (χ2n) is 8.43. The van der Waals surface area contributed by atoms with E-state index in [9.17, 15) is 13.2 Å². The number of amides is 1. The highest BCUT2D eigenvalue weighted by molar-refractivity contribution is 7.86. The van der Waals surface area contributed by atoms with Crippen LogP contribution in [0.3, 0.4) is 0 Å². The lowest BCUT2D eigenvalue weighted by molar-refractivity contribution is 0.0662. The lowest BCUT2D eigenvalue weighted by atomic mass is 9.96. The van der Waals surface area contributed by atoms with Crippen molar-refractivity contribution >= 4 is 27.1 Å². The summed E-state index contributed by atoms with van der Waals surface area (Å²) >= 11 is 0. The number of furan rings is 1. The number of piperazine rings is 1. The van der Waals surface area contributed by atoms with Crippen molar-refractivity contribution in [2.24, 2.45) is 0 Å². The van der Waals surface area contributed by atoms with Gasteiger partial charge in [0.1, 0.15) is 11.3 Å². The first-order valence-electron chi connectivity index (χ1n) is 10.9. The molecule has 31 heavy (non-hydrogen) atoms. The first-order valence-corrected chi connectivity index (χ1v) is 12.3. The van der Waals surface area contributed by atoms with E-state index in [0.717, 1.165) is 36.6 Å². The minimum atomic E-state index is -3.52. The molecule has 0 unspecified atom stereocenters. The summed E-state index contributed by atoms with van der Waals surface area (Å²) in [4.78, 5) is 14.8. The van der Waals surface area contributed by atoms with Gasteiger partial charge in [-0.1, -0.05) is 19.3 Å². The van der Waals surface area contributed by atoms with E-state index in [1.54, 1.807) is 35.5 Å². The zero-order valence-corrected chi connectivity index (χ0v) is 19.3. The van der Waals surface area contributed by atoms with Crippen molar-refractivity contribution in [1.82, 2.24) is 13.5 Å². The van der Waals surface area contributed by atoms with Gasteiger partial charge in [0.2, 0.25) is 0 Å². The average molecular weight is 450 g/mol. The molecule has 0 N–H and O–H groups in total. The fraction of sp³-hybridized carbons (Fsp3) is 0.591. The van der Waals surface area contributed by atoms with Crippen LogP contribution in [0.15, 0.2) is 22.6 Å². The van der Waals surface area contributed by atoms with E-state index >= 15 is 0 Å². The molecular formula is C22H31N3O5S. The second kappa shape index (κ2) is 8.80. The fourth-order valence-electron chi connectivity index (χ4n) is 4.61. The first kappa shape index (κ1) is 22.1. The van der Waals surface area contributed by atoms with Crippen molar-refractivity contribution in [1.29, 1.82) is 0 Å². The minimum absolute atomic E-state index is 0.0774. The van der Waals surface area contributed by atoms with Crippen LogP contribution in [0.5, 0.6) is 5.75 Å². The van der Waals surface area contributed by atoms with Gasteiger partial charge in [0.05, 0.1) is 7.11 Å². The van der Waals surface area contributed by atoms with Crippen molar-refractivity contribution < 1.29 is 22.4 Å². The maximum absolute atomic E-state index is 13.1. The van der Waals surface area contributed by atoms with Crippen LogP contribution in [0.2, 0.25) is 0 Å². The third-order valence-electron chi connectivity index (χ3n) is 6.64. The Morgan fingerprint density at radius 1 is 1.13 bits per heavy atom. The number of hydrogen-bond donors (Lipinski definition) is 0. The van der Waals surface area contributed by atoms with Crippen LogP contribution in [-0.2, 0) is 10.2 Å². The van der Waals surface area contributed by atoms with Crippen LogP contribution in [0, 0.1) is 6.92 Å². The summed E-state index contributed by atoms with van der Waals surface area (Å²) in [5, 5.41) is 0.845. The Morgan fingerprint density at radius 3 is 2.45 bits per heavy atom. The Labute approximate surface area is 183 Å². The van der Waals surface area contributed by atoms with Gasteiger partial charge in [-0.05, 0) is 38.0 Å². The molecule has 0 atom stereocenters. The number of ether oxygens (including phenoxy) is 1. The molecule has 1 aliphatic carbocycles. The molecule has 0 spiro atoms. The molecule has 0 radical (unpaired) electrons. The lowest BCUT2D eigenvalue weighted by Crippen LogP contribution is -2.55. The Hall–Kier alpha value is -2.10. The van der Waals surface area contributed by atoms with Crippen molar-refractivity contribution in [2.75, 3.05) is 40.3 Å². The number of benzene rings is 1. The summed E-state index contributed by atoms with van der Waals surface area (Å²) < 4.78 is 40.3. The lowest BCUT2D eigenvalue weighted by Gasteiger charge is -2.38. The normalized spacial score (nSPS) is 19.3. The van der Waals surface area contributed by atoms with E-state index in [1.807, 2.05) is 13.0 Å². The van der Waals surface area contributed by atoms with E-state index in [-0.39, 0.29) is 25.0 Å². The second-order valence-corrected chi connectivity index (χ2v) is 10.4. The Balaban J connectivity index is 1.44. The molecule has 1 saturated heterocycles. The standard InChI is InChI=1S/C22H31N3O5S/c1-16-19-15-18(29-3)9-10-20(19)30-21(16)22(26)24-11-13-25(14-12-24)31(27,28)23(2)17-7-5-4-6-8-17/h9-10,15,17H,4-8,11-14H2,1-3H3. The van der Waals surface area contributed by atoms with E-state index in [4.69, 9.17) is 9.15 Å². The van der Waals surface area contributed by atoms with Gasteiger partial charge in [-0.2, -0.15) is 17.0 Å². The van der Waals surface area contributed by atoms with Gasteiger partial charge in [-0.15, -0.1) is 0 Å². The number of hydrogen-bond acceptors (Lipinski definition) is 5. The molecule has 0 bridgehead atoms. The predicted octanol–water partition coefficient (Wildman–Crippen LogP) is 3.02. The summed E-state index contributed by atoms with van der Waals surface area (Å²) in [6.45, 7) is 3.13. The summed E-state index contributed by atoms with van der Waals surface area (Å²) in [6, 6.07) is 5.53. The Bertz CT molecular complexity index is 1050. The van der Waals surface area contributed by atoms with Crippen LogP contribution >= 0.6 is 0 Å². The van der Waals surface area contributed by atoms with E-state index in [1.165, 1.54) is 10.7 Å². The molecule has 2 aliphatic rings. The minimum Gasteiger partial charge on any atom is -0.497 e. The van der Waals surface area contributed by atoms with E-state index in [0.29, 0.717) is 30.2 Å². The summed E-state index contributed by atoms with van der Waals surface area (Å²) in [5.74, 6) is 0.806. The molecule has 1 aromatic carbocycles. The third-order valence-corrected chi connectivity index (χ3v) is 8.69. The zero-order valence-electron chi connectivity index (χ0n) is 18.5. The maximum atomic E-state index is 13.1. The van der Waals surface area contributed by atoms with Crippen LogP contribution < -0.4 is 4.74 Å². The maximum Gasteiger partial charge on any atom is 0.289 e. The van der Waals surface area contributed by atoms with Gasteiger partial charge in [-0.25, -0.2) is 0 Å². The van der Waals surface area contributed by atoms with Crippen LogP contribution in [0.25, 0.3) is 11.0 Å². The molecular weight excluding hydrogens is 418 g/mol. The predicted molar refractivity (Wildman–Crippen MR) is 119 cm³/mol. The topological polar surface area (TPSA) is 83.3 Å². The summed E-state index contributed by atoms with van der Waals surface area (Å²) in [5.41, 5.74) is 1.41. The fourth-order valence-corrected chi connectivity index (χ4v) is 6.19. The van der Waals surface area contributed by atoms with Crippen LogP contribution in [0.4, 0.5) is 0 Å². The smallest absolute Gasteiger partial charge is 0.289 e. The molecule has 8 nitrogen and oxygen atoms in total. The molecule has 2 aromatic rings. The average Bonchev–Trinajstić information content (AvgIpc) is 3.14. The monoisotopic (exact) mass is 449 g/mol. The molecule has 1 saturated carbocycles. The van der Waals surface area contributed by atoms with Gasteiger partial charge in [0.15, 0.2) is 5.76 Å². The number of aryl methyl sites for hydroxylation is 1. The molecule has 9 heteroatoms. The molecule has 170 valence electrons. The molecule has 1 amide bonds. The number of nitrogens with zero attached hydrogens (tertiary/aromatic N) is 3. The zero-order chi connectivity index (χ0) is 22.2. The van der Waals surface area contributed by atoms with Gasteiger partial charge < -0.3 is 14.1 Å². The van der Waals surface area contributed by atoms with E-state index in [2.05, 4.69) is 0 Å². The van der Waals surface area contributed by atoms with Crippen molar-refractivity contribution in [3.05, 3.63) is 29.5 Å². The van der Waals surface area contributed by atoms with Crippen molar-refractivity contribution in [2.45, 2.75) is 45.1 Å². The van der Waals surface area contributed by atoms with Gasteiger partial charge in [0.25, 0.3) is 16.1 Å². The number of carbonyl (C=O) groups excluding carboxylic acids is 1. The highest BCUT2D eigenvalue weighted by Crippen LogP contribution is 2.30. The third kappa shape index (κ3) is 4.18. The molecule has 2 heterocycles. The molecule has 1 aliphatic heterocycles. The summed E-state index contributed by atoms with van der Waals surface area (Å²) in [6.07, 6.45) is 5.18. The van der Waals surface area contributed by atoms with Crippen molar-refractivity contribution in [3.63, 3.8) is 0 Å². The van der Waals surface area contributed by atoms with E-state index < -0.39 is 10.2 Å². The molecule has 1 aromatic heterocycles. The van der Waals surface area contributed by atoms with Crippen LogP contribution in [0.1, 0.15) is 48.2 Å². The molecule has 4 rings (SSSR count). The Morgan fingerprint density at radius 2 is 1.81 bits per heavy atom. The van der Waals surface area contributed by atoms with Gasteiger partial charge in [-0.3, -0.25) is 4.79 Å². The quantitative estimate of drug-likeness (QED) is 0.701. The van der Waals surface area contributed by atoms with Gasteiger partial charge >= 0.3 is 0 Å². The SMILES string of the molecule is COc1ccc2oc(C(=O)N3CCN(S(=O)(=O)N(C)C4CCCCC4)CC3)c(C)c2c1. The largest absolute Gasteiger partial charge is 0.497 e. The van der Waals surface area contributed by atoms with Crippen LogP contribution in [-0.4, -0.2) is 74.2 Å². The highest BCUT2D eigenvalue weighted by Gasteiger charge is 2.36. The number of carbonyl (C=O) groups is 1. The Kier molecular flexibility index (Phi) is 6.27. The number of methoxy groups -OCH3 is 1. The van der Waals surface area contributed by atoms with Gasteiger partial charge in [0, 0.05) is 50.2 Å². The van der Waals surface area contributed by atoms with Crippen molar-refractivity contribution in [3.8, 4) is 5.75 Å². The molecule has 2 fully saturated rings. The summed E-state index contributed by atoms with van der Waals surface area (Å²) in [7, 11) is -0.232. The number of fused-ring (bicyclic) bond motifs is 1. The first-order chi connectivity index (χ1) is 14.8. The number of rotatable bonds is 5. The highest BCUT2D eigenvalue weighted by atomic mass is 32.2.